The van der Waals surface area contributed by atoms with Crippen molar-refractivity contribution in [3.8, 4) is 0 Å². The molecular formula is C34H40S2Si2. The Morgan fingerprint density at radius 3 is 0.947 bits per heavy atom. The monoisotopic (exact) mass is 568 g/mol. The van der Waals surface area contributed by atoms with E-state index in [4.69, 9.17) is 0 Å². The average Bonchev–Trinajstić information content (AvgIpc) is 3.61. The summed E-state index contributed by atoms with van der Waals surface area (Å²) in [4.78, 5) is 0. The number of hydrogen-bond acceptors (Lipinski definition) is 2. The maximum atomic E-state index is 2.58. The van der Waals surface area contributed by atoms with Crippen LogP contribution in [-0.2, 0) is 0 Å². The second-order valence-electron chi connectivity index (χ2n) is 11.3. The highest BCUT2D eigenvalue weighted by molar-refractivity contribution is 7.32. The minimum absolute atomic E-state index is 1.34. The zero-order valence-electron chi connectivity index (χ0n) is 23.8. The molecule has 0 atom stereocenters. The largest absolute Gasteiger partial charge is 0.145 e. The molecular weight excluding hydrogens is 529 g/mol. The van der Waals surface area contributed by atoms with Crippen LogP contribution in [0.15, 0.2) is 60.7 Å². The van der Waals surface area contributed by atoms with Crippen LogP contribution in [0.25, 0.3) is 52.5 Å². The second-order valence-corrected chi connectivity index (χ2v) is 24.6. The van der Waals surface area contributed by atoms with E-state index in [0.717, 1.165) is 0 Å². The molecule has 4 heteroatoms. The molecule has 4 aromatic carbocycles. The standard InChI is InChI=1S/C34H40S2Si2/c1-7-37(8-2,9-3)33-21-29-27-15-13-24-23(25(27)17-19-31(29)35-33)14-16-28-26(24)18-20-32-30(28)22-34(36-32)38(10-4,11-5)12-6/h13-22H,7-12H2,1-6H3. The van der Waals surface area contributed by atoms with Gasteiger partial charge in [-0.15, -0.1) is 22.7 Å². The van der Waals surface area contributed by atoms with E-state index >= 15 is 0 Å². The van der Waals surface area contributed by atoms with Crippen molar-refractivity contribution in [3.05, 3.63) is 60.7 Å². The molecule has 0 spiro atoms. The summed E-state index contributed by atoms with van der Waals surface area (Å²) in [5, 5.41) is 11.4. The van der Waals surface area contributed by atoms with Crippen molar-refractivity contribution in [2.75, 3.05) is 0 Å². The third-order valence-corrected chi connectivity index (χ3v) is 25.8. The van der Waals surface area contributed by atoms with Gasteiger partial charge < -0.3 is 0 Å². The summed E-state index contributed by atoms with van der Waals surface area (Å²) in [6.45, 7) is 14.5. The van der Waals surface area contributed by atoms with Gasteiger partial charge in [0.05, 0.1) is 16.1 Å². The number of rotatable bonds is 8. The summed E-state index contributed by atoms with van der Waals surface area (Å²) < 4.78 is 6.32. The van der Waals surface area contributed by atoms with Crippen molar-refractivity contribution in [1.82, 2.24) is 0 Å². The second kappa shape index (κ2) is 9.89. The molecule has 0 saturated carbocycles. The van der Waals surface area contributed by atoms with Gasteiger partial charge in [-0.05, 0) is 65.6 Å². The minimum atomic E-state index is -1.38. The number of thiophene rings is 2. The van der Waals surface area contributed by atoms with Gasteiger partial charge in [-0.2, -0.15) is 0 Å². The van der Waals surface area contributed by atoms with Crippen LogP contribution in [-0.4, -0.2) is 16.1 Å². The van der Waals surface area contributed by atoms with Crippen LogP contribution in [0.2, 0.25) is 36.3 Å². The lowest BCUT2D eigenvalue weighted by Gasteiger charge is -2.26. The lowest BCUT2D eigenvalue weighted by molar-refractivity contribution is 1.20. The molecule has 6 rings (SSSR count). The first-order valence-corrected chi connectivity index (χ1v) is 21.6. The van der Waals surface area contributed by atoms with Gasteiger partial charge in [-0.3, -0.25) is 0 Å². The molecule has 2 aromatic heterocycles. The Kier molecular flexibility index (Phi) is 6.83. The summed E-state index contributed by atoms with van der Waals surface area (Å²) in [5.74, 6) is 0. The van der Waals surface area contributed by atoms with E-state index in [9.17, 15) is 0 Å². The van der Waals surface area contributed by atoms with Crippen molar-refractivity contribution in [3.63, 3.8) is 0 Å². The van der Waals surface area contributed by atoms with Crippen molar-refractivity contribution in [2.45, 2.75) is 77.8 Å². The highest BCUT2D eigenvalue weighted by Gasteiger charge is 2.32. The van der Waals surface area contributed by atoms with E-state index in [2.05, 4.69) is 125 Å². The molecule has 38 heavy (non-hydrogen) atoms. The molecule has 0 aliphatic carbocycles. The third kappa shape index (κ3) is 3.71. The molecule has 0 saturated heterocycles. The number of hydrogen-bond donors (Lipinski definition) is 0. The minimum Gasteiger partial charge on any atom is -0.145 e. The zero-order valence-corrected chi connectivity index (χ0v) is 27.5. The van der Waals surface area contributed by atoms with Crippen LogP contribution in [0.3, 0.4) is 0 Å². The van der Waals surface area contributed by atoms with E-state index < -0.39 is 16.1 Å². The van der Waals surface area contributed by atoms with Gasteiger partial charge in [0.1, 0.15) is 0 Å². The Bertz CT molecular complexity index is 1650. The van der Waals surface area contributed by atoms with Gasteiger partial charge >= 0.3 is 0 Å². The summed E-state index contributed by atoms with van der Waals surface area (Å²) in [5.41, 5.74) is 0. The normalized spacial score (nSPS) is 13.1. The predicted molar refractivity (Wildman–Crippen MR) is 183 cm³/mol. The van der Waals surface area contributed by atoms with Crippen LogP contribution in [0.4, 0.5) is 0 Å². The zero-order chi connectivity index (χ0) is 26.7. The average molecular weight is 569 g/mol. The highest BCUT2D eigenvalue weighted by Crippen LogP contribution is 2.40. The van der Waals surface area contributed by atoms with Crippen LogP contribution >= 0.6 is 22.7 Å². The Labute approximate surface area is 237 Å². The molecule has 0 bridgehead atoms. The first-order chi connectivity index (χ1) is 18.5. The fourth-order valence-corrected chi connectivity index (χ4v) is 19.8. The smallest absolute Gasteiger partial charge is 0.0987 e. The van der Waals surface area contributed by atoms with Crippen LogP contribution in [0.1, 0.15) is 41.5 Å². The van der Waals surface area contributed by atoms with Crippen molar-refractivity contribution < 1.29 is 0 Å². The first kappa shape index (κ1) is 26.2. The third-order valence-electron chi connectivity index (χ3n) is 10.3. The molecule has 196 valence electrons. The molecule has 0 aliphatic heterocycles. The molecule has 0 radical (unpaired) electrons. The van der Waals surface area contributed by atoms with Gasteiger partial charge in [-0.25, -0.2) is 0 Å². The van der Waals surface area contributed by atoms with Gasteiger partial charge in [0.15, 0.2) is 0 Å². The Morgan fingerprint density at radius 2 is 0.658 bits per heavy atom. The quantitative estimate of drug-likeness (QED) is 0.126. The molecule has 2 heterocycles. The molecule has 0 N–H and O–H groups in total. The van der Waals surface area contributed by atoms with E-state index in [0.29, 0.717) is 0 Å². The van der Waals surface area contributed by atoms with Crippen molar-refractivity contribution in [2.24, 2.45) is 0 Å². The van der Waals surface area contributed by atoms with Crippen LogP contribution in [0, 0.1) is 0 Å². The molecule has 6 aromatic rings. The van der Waals surface area contributed by atoms with E-state index in [1.165, 1.54) is 88.8 Å². The van der Waals surface area contributed by atoms with Crippen LogP contribution in [0.5, 0.6) is 0 Å². The van der Waals surface area contributed by atoms with Crippen molar-refractivity contribution in [1.29, 1.82) is 0 Å². The number of benzene rings is 4. The lowest BCUT2D eigenvalue weighted by Crippen LogP contribution is -2.43. The predicted octanol–water partition coefficient (Wildman–Crippen LogP) is 11.0. The SMILES string of the molecule is CC[Si](CC)(CC)c1cc2c(ccc3c2ccc2c4ccc5sc([Si](CC)(CC)CC)cc5c4ccc32)s1. The first-order valence-electron chi connectivity index (χ1n) is 14.7. The van der Waals surface area contributed by atoms with Gasteiger partial charge in [-0.1, -0.05) is 114 Å². The molecule has 0 nitrogen and oxygen atoms in total. The van der Waals surface area contributed by atoms with Gasteiger partial charge in [0.2, 0.25) is 0 Å². The van der Waals surface area contributed by atoms with E-state index in [1.54, 1.807) is 9.00 Å². The summed E-state index contributed by atoms with van der Waals surface area (Å²) in [6, 6.07) is 32.4. The highest BCUT2D eigenvalue weighted by atomic mass is 32.1. The maximum Gasteiger partial charge on any atom is 0.0987 e. The molecule has 0 amide bonds. The molecule has 0 fully saturated rings. The lowest BCUT2D eigenvalue weighted by atomic mass is 9.95. The molecule has 0 aliphatic rings. The van der Waals surface area contributed by atoms with Gasteiger partial charge in [0.25, 0.3) is 0 Å². The summed E-state index contributed by atoms with van der Waals surface area (Å²) >= 11 is 4.16. The van der Waals surface area contributed by atoms with Crippen molar-refractivity contribution >= 4 is 100 Å². The Balaban J connectivity index is 1.57. The fraction of sp³-hybridized carbons (Fsp3) is 0.353. The van der Waals surface area contributed by atoms with Crippen LogP contribution < -0.4 is 9.00 Å². The summed E-state index contributed by atoms with van der Waals surface area (Å²) in [6.07, 6.45) is 0. The maximum absolute atomic E-state index is 2.58. The Hall–Kier alpha value is -1.99. The van der Waals surface area contributed by atoms with E-state index in [1.807, 2.05) is 0 Å². The molecule has 0 unspecified atom stereocenters. The Morgan fingerprint density at radius 1 is 0.395 bits per heavy atom. The number of fused-ring (bicyclic) bond motifs is 9. The van der Waals surface area contributed by atoms with Gasteiger partial charge in [0, 0.05) is 20.2 Å². The van der Waals surface area contributed by atoms with E-state index in [-0.39, 0.29) is 0 Å². The summed E-state index contributed by atoms with van der Waals surface area (Å²) in [7, 11) is -2.76. The topological polar surface area (TPSA) is 0 Å². The fourth-order valence-electron chi connectivity index (χ4n) is 7.15.